The summed E-state index contributed by atoms with van der Waals surface area (Å²) in [7, 11) is 0. The molecule has 0 unspecified atom stereocenters. The van der Waals surface area contributed by atoms with Crippen LogP contribution in [0.2, 0.25) is 0 Å². The number of carbonyl (C=O) groups excluding carboxylic acids is 2. The molecule has 0 heterocycles. The van der Waals surface area contributed by atoms with Crippen LogP contribution in [0.4, 0.5) is 4.53 Å². The van der Waals surface area contributed by atoms with Crippen molar-refractivity contribution in [2.24, 2.45) is 17.8 Å². The minimum Gasteiger partial charge on any atom is -0.299 e. The van der Waals surface area contributed by atoms with Crippen LogP contribution in [-0.4, -0.2) is 11.8 Å². The fraction of sp³-hybridized carbons (Fsp3) is 0.714. The summed E-state index contributed by atoms with van der Waals surface area (Å²) in [5, 5.41) is 0. The molecule has 0 aromatic heterocycles. The van der Waals surface area contributed by atoms with Crippen molar-refractivity contribution in [2.45, 2.75) is 12.8 Å². The van der Waals surface area contributed by atoms with E-state index in [-0.39, 0.29) is 17.6 Å². The maximum absolute atomic E-state index is 11.4. The van der Waals surface area contributed by atoms with Gasteiger partial charge in [0.05, 0.1) is 5.92 Å². The van der Waals surface area contributed by atoms with E-state index >= 15 is 0 Å². The fourth-order valence-corrected chi connectivity index (χ4v) is 2.02. The van der Waals surface area contributed by atoms with Crippen LogP contribution in [0.1, 0.15) is 12.8 Å². The lowest BCUT2D eigenvalue weighted by molar-refractivity contribution is -0.186. The Morgan fingerprint density at radius 1 is 1.64 bits per heavy atom. The maximum atomic E-state index is 11.4. The van der Waals surface area contributed by atoms with Crippen LogP contribution in [0.5, 0.6) is 0 Å². The van der Waals surface area contributed by atoms with Crippen molar-refractivity contribution in [1.82, 2.24) is 0 Å². The van der Waals surface area contributed by atoms with Crippen LogP contribution in [-0.2, 0) is 14.5 Å². The molecular formula is C7H7FO3. The van der Waals surface area contributed by atoms with Gasteiger partial charge in [0.25, 0.3) is 0 Å². The Kier molecular flexibility index (Phi) is 1.25. The second-order valence-electron chi connectivity index (χ2n) is 3.12. The average Bonchev–Trinajstić information content (AvgIpc) is 2.63. The molecule has 0 saturated heterocycles. The molecule has 0 bridgehead atoms. The Morgan fingerprint density at radius 3 is 2.82 bits per heavy atom. The fourth-order valence-electron chi connectivity index (χ4n) is 2.02. The minimum atomic E-state index is -0.868. The van der Waals surface area contributed by atoms with Gasteiger partial charge in [-0.3, -0.25) is 9.74 Å². The predicted molar refractivity (Wildman–Crippen MR) is 31.9 cm³/mol. The van der Waals surface area contributed by atoms with E-state index in [9.17, 15) is 14.1 Å². The first kappa shape index (κ1) is 6.76. The summed E-state index contributed by atoms with van der Waals surface area (Å²) in [6.07, 6.45) is 1.27. The van der Waals surface area contributed by atoms with Crippen molar-refractivity contribution in [2.75, 3.05) is 0 Å². The molecule has 0 amide bonds. The van der Waals surface area contributed by atoms with Crippen molar-refractivity contribution in [1.29, 1.82) is 0 Å². The van der Waals surface area contributed by atoms with E-state index in [1.54, 1.807) is 0 Å². The third-order valence-corrected chi connectivity index (χ3v) is 2.61. The Hall–Kier alpha value is -0.930. The van der Waals surface area contributed by atoms with Gasteiger partial charge >= 0.3 is 5.97 Å². The molecular weight excluding hydrogens is 151 g/mol. The van der Waals surface area contributed by atoms with Crippen LogP contribution in [0.25, 0.3) is 0 Å². The Bertz CT molecular complexity index is 226. The first-order valence-electron chi connectivity index (χ1n) is 3.61. The maximum Gasteiger partial charge on any atom is 0.352 e. The zero-order chi connectivity index (χ0) is 8.01. The monoisotopic (exact) mass is 158 g/mol. The van der Waals surface area contributed by atoms with E-state index in [1.165, 1.54) is 0 Å². The van der Waals surface area contributed by atoms with Gasteiger partial charge in [0.2, 0.25) is 0 Å². The van der Waals surface area contributed by atoms with Gasteiger partial charge in [-0.15, -0.1) is 0 Å². The number of ketones is 1. The molecule has 60 valence electrons. The molecule has 4 heteroatoms. The Labute approximate surface area is 62.4 Å². The molecule has 0 aliphatic heterocycles. The summed E-state index contributed by atoms with van der Waals surface area (Å²) in [5.74, 6) is -1.36. The summed E-state index contributed by atoms with van der Waals surface area (Å²) in [4.78, 5) is 24.6. The van der Waals surface area contributed by atoms with Crippen LogP contribution >= 0.6 is 0 Å². The first-order chi connectivity index (χ1) is 5.25. The molecule has 2 rings (SSSR count). The van der Waals surface area contributed by atoms with E-state index in [2.05, 4.69) is 4.94 Å². The predicted octanol–water partition coefficient (Wildman–Crippen LogP) is 0.639. The molecule has 2 aliphatic carbocycles. The number of halogens is 1. The van der Waals surface area contributed by atoms with Gasteiger partial charge in [-0.1, -0.05) is 0 Å². The highest BCUT2D eigenvalue weighted by molar-refractivity contribution is 5.94. The van der Waals surface area contributed by atoms with Crippen molar-refractivity contribution < 1.29 is 19.1 Å². The van der Waals surface area contributed by atoms with Gasteiger partial charge in [-0.05, 0) is 12.3 Å². The molecule has 2 fully saturated rings. The Balaban J connectivity index is 2.04. The van der Waals surface area contributed by atoms with Gasteiger partial charge in [-0.25, -0.2) is 4.79 Å². The van der Waals surface area contributed by atoms with Crippen LogP contribution in [0.15, 0.2) is 0 Å². The molecule has 0 radical (unpaired) electrons. The second kappa shape index (κ2) is 2.03. The number of fused-ring (bicyclic) bond motifs is 1. The largest absolute Gasteiger partial charge is 0.352 e. The summed E-state index contributed by atoms with van der Waals surface area (Å²) < 4.78 is 11.4. The lowest BCUT2D eigenvalue weighted by Crippen LogP contribution is -2.09. The van der Waals surface area contributed by atoms with Crippen molar-refractivity contribution in [3.63, 3.8) is 0 Å². The molecule has 3 atom stereocenters. The summed E-state index contributed by atoms with van der Waals surface area (Å²) >= 11 is 0. The molecule has 0 aromatic rings. The zero-order valence-corrected chi connectivity index (χ0v) is 5.75. The van der Waals surface area contributed by atoms with Gasteiger partial charge in [0.1, 0.15) is 5.78 Å². The van der Waals surface area contributed by atoms with E-state index in [0.717, 1.165) is 6.42 Å². The second-order valence-corrected chi connectivity index (χ2v) is 3.12. The molecule has 0 N–H and O–H groups in total. The number of carbonyl (C=O) groups is 2. The quantitative estimate of drug-likeness (QED) is 0.562. The molecule has 0 aromatic carbocycles. The van der Waals surface area contributed by atoms with Crippen molar-refractivity contribution in [3.8, 4) is 0 Å². The third-order valence-electron chi connectivity index (χ3n) is 2.61. The lowest BCUT2D eigenvalue weighted by atomic mass is 10.1. The summed E-state index contributed by atoms with van der Waals surface area (Å²) in [6.45, 7) is 0. The summed E-state index contributed by atoms with van der Waals surface area (Å²) in [5.41, 5.74) is 0. The topological polar surface area (TPSA) is 43.4 Å². The Morgan fingerprint density at radius 2 is 2.36 bits per heavy atom. The number of hydrogen-bond donors (Lipinski definition) is 0. The van der Waals surface area contributed by atoms with Gasteiger partial charge in [0.15, 0.2) is 0 Å². The number of rotatable bonds is 1. The molecule has 11 heavy (non-hydrogen) atoms. The van der Waals surface area contributed by atoms with Crippen LogP contribution < -0.4 is 0 Å². The molecule has 0 spiro atoms. The lowest BCUT2D eigenvalue weighted by Gasteiger charge is -1.95. The van der Waals surface area contributed by atoms with Crippen LogP contribution in [0, 0.1) is 17.8 Å². The van der Waals surface area contributed by atoms with E-state index < -0.39 is 11.9 Å². The third kappa shape index (κ3) is 0.783. The molecule has 2 saturated carbocycles. The van der Waals surface area contributed by atoms with E-state index in [1.807, 2.05) is 0 Å². The van der Waals surface area contributed by atoms with E-state index in [4.69, 9.17) is 0 Å². The van der Waals surface area contributed by atoms with Gasteiger partial charge < -0.3 is 0 Å². The van der Waals surface area contributed by atoms with Crippen LogP contribution in [0.3, 0.4) is 0 Å². The number of hydrogen-bond acceptors (Lipinski definition) is 3. The standard InChI is InChI=1S/C7H7FO3/c8-11-7(10)6-3-1-2-4(9)5(3)6/h3,5-6H,1-2H2/t3-,5+,6-/m1/s1. The normalized spacial score (nSPS) is 40.1. The molecule has 2 aliphatic rings. The van der Waals surface area contributed by atoms with Gasteiger partial charge in [-0.2, -0.15) is 0 Å². The zero-order valence-electron chi connectivity index (χ0n) is 5.75. The number of Topliss-reactive ketones (excluding diaryl/α,β-unsaturated/α-hetero) is 1. The molecule has 3 nitrogen and oxygen atoms in total. The first-order valence-corrected chi connectivity index (χ1v) is 3.61. The van der Waals surface area contributed by atoms with Crippen molar-refractivity contribution >= 4 is 11.8 Å². The average molecular weight is 158 g/mol. The smallest absolute Gasteiger partial charge is 0.299 e. The SMILES string of the molecule is O=C1CC[C@@H]2[C@@H]1[C@@H]2C(=O)OF. The van der Waals surface area contributed by atoms with Crippen molar-refractivity contribution in [3.05, 3.63) is 0 Å². The highest BCUT2D eigenvalue weighted by atomic mass is 19.3. The van der Waals surface area contributed by atoms with E-state index in [0.29, 0.717) is 6.42 Å². The highest BCUT2D eigenvalue weighted by Gasteiger charge is 2.62. The van der Waals surface area contributed by atoms with Gasteiger partial charge in [0, 0.05) is 16.9 Å². The minimum absolute atomic E-state index is 0.0883. The summed E-state index contributed by atoms with van der Waals surface area (Å²) in [6, 6.07) is 0. The highest BCUT2D eigenvalue weighted by Crippen LogP contribution is 2.55.